The Hall–Kier alpha value is -1.26. The minimum atomic E-state index is -0.168. The van der Waals surface area contributed by atoms with Crippen LogP contribution in [0.1, 0.15) is 27.9 Å². The van der Waals surface area contributed by atoms with E-state index >= 15 is 0 Å². The van der Waals surface area contributed by atoms with Gasteiger partial charge in [0.1, 0.15) is 5.82 Å². The molecule has 0 spiro atoms. The van der Waals surface area contributed by atoms with Gasteiger partial charge in [-0.1, -0.05) is 12.1 Å². The van der Waals surface area contributed by atoms with Crippen molar-refractivity contribution in [2.75, 3.05) is 7.05 Å². The van der Waals surface area contributed by atoms with Gasteiger partial charge in [-0.2, -0.15) is 0 Å². The number of halogens is 1. The highest BCUT2D eigenvalue weighted by molar-refractivity contribution is 7.09. The zero-order valence-electron chi connectivity index (χ0n) is 10.1. The molecule has 0 fully saturated rings. The van der Waals surface area contributed by atoms with Crippen LogP contribution in [0.2, 0.25) is 0 Å². The van der Waals surface area contributed by atoms with Crippen LogP contribution in [0.15, 0.2) is 23.6 Å². The maximum atomic E-state index is 13.2. The molecule has 2 rings (SSSR count). The second kappa shape index (κ2) is 4.94. The number of hydrogen-bond acceptors (Lipinski definition) is 3. The normalized spacial score (nSPS) is 12.7. The summed E-state index contributed by atoms with van der Waals surface area (Å²) in [7, 11) is 1.89. The fourth-order valence-electron chi connectivity index (χ4n) is 1.85. The second-order valence-corrected chi connectivity index (χ2v) is 5.08. The van der Waals surface area contributed by atoms with Gasteiger partial charge in [0.15, 0.2) is 0 Å². The molecule has 0 aliphatic carbocycles. The highest BCUT2D eigenvalue weighted by Gasteiger charge is 2.15. The lowest BCUT2D eigenvalue weighted by molar-refractivity contribution is 0.613. The standard InChI is InChI=1S/C13H15FN2S/c1-8-6-10(4-5-11(8)14)13(15-3)12-7-17-9(2)16-12/h4-7,13,15H,1-3H3. The number of aromatic nitrogens is 1. The quantitative estimate of drug-likeness (QED) is 0.904. The maximum absolute atomic E-state index is 13.2. The van der Waals surface area contributed by atoms with E-state index < -0.39 is 0 Å². The van der Waals surface area contributed by atoms with Crippen LogP contribution in [0.3, 0.4) is 0 Å². The molecule has 17 heavy (non-hydrogen) atoms. The average molecular weight is 250 g/mol. The average Bonchev–Trinajstić information content (AvgIpc) is 2.71. The van der Waals surface area contributed by atoms with Crippen LogP contribution < -0.4 is 5.32 Å². The van der Waals surface area contributed by atoms with E-state index in [9.17, 15) is 4.39 Å². The summed E-state index contributed by atoms with van der Waals surface area (Å²) in [6, 6.07) is 5.21. The predicted octanol–water partition coefficient (Wildman–Crippen LogP) is 3.21. The monoisotopic (exact) mass is 250 g/mol. The van der Waals surface area contributed by atoms with Crippen molar-refractivity contribution in [1.82, 2.24) is 10.3 Å². The Morgan fingerprint density at radius 1 is 1.35 bits per heavy atom. The first-order valence-corrected chi connectivity index (χ1v) is 6.35. The fourth-order valence-corrected chi connectivity index (χ4v) is 2.48. The summed E-state index contributed by atoms with van der Waals surface area (Å²) < 4.78 is 13.2. The topological polar surface area (TPSA) is 24.9 Å². The molecule has 1 unspecified atom stereocenters. The molecule has 4 heteroatoms. The molecule has 1 aromatic heterocycles. The number of hydrogen-bond donors (Lipinski definition) is 1. The van der Waals surface area contributed by atoms with E-state index in [1.807, 2.05) is 25.4 Å². The molecule has 90 valence electrons. The molecule has 2 nitrogen and oxygen atoms in total. The van der Waals surface area contributed by atoms with Gasteiger partial charge in [-0.15, -0.1) is 11.3 Å². The minimum absolute atomic E-state index is 0.0271. The summed E-state index contributed by atoms with van der Waals surface area (Å²) in [4.78, 5) is 4.47. The molecule has 0 aliphatic heterocycles. The minimum Gasteiger partial charge on any atom is -0.308 e. The Kier molecular flexibility index (Phi) is 3.54. The molecule has 0 amide bonds. The van der Waals surface area contributed by atoms with E-state index in [0.717, 1.165) is 16.3 Å². The van der Waals surface area contributed by atoms with E-state index in [4.69, 9.17) is 0 Å². The van der Waals surface area contributed by atoms with Crippen molar-refractivity contribution in [3.63, 3.8) is 0 Å². The van der Waals surface area contributed by atoms with Crippen LogP contribution >= 0.6 is 11.3 Å². The lowest BCUT2D eigenvalue weighted by atomic mass is 10.0. The van der Waals surface area contributed by atoms with Gasteiger partial charge in [-0.3, -0.25) is 0 Å². The largest absolute Gasteiger partial charge is 0.308 e. The van der Waals surface area contributed by atoms with Crippen molar-refractivity contribution in [2.45, 2.75) is 19.9 Å². The van der Waals surface area contributed by atoms with Crippen molar-refractivity contribution in [3.8, 4) is 0 Å². The maximum Gasteiger partial charge on any atom is 0.126 e. The Balaban J connectivity index is 2.38. The van der Waals surface area contributed by atoms with Crippen LogP contribution in [0.4, 0.5) is 4.39 Å². The molecule has 0 bridgehead atoms. The summed E-state index contributed by atoms with van der Waals surface area (Å²) in [5, 5.41) is 6.29. The lowest BCUT2D eigenvalue weighted by Gasteiger charge is -2.15. The fraction of sp³-hybridized carbons (Fsp3) is 0.308. The summed E-state index contributed by atoms with van der Waals surface area (Å²) in [6.07, 6.45) is 0. The first kappa shape index (κ1) is 12.2. The molecule has 0 aliphatic rings. The van der Waals surface area contributed by atoms with E-state index in [0.29, 0.717) is 5.56 Å². The lowest BCUT2D eigenvalue weighted by Crippen LogP contribution is -2.18. The van der Waals surface area contributed by atoms with Crippen LogP contribution in [-0.4, -0.2) is 12.0 Å². The van der Waals surface area contributed by atoms with Gasteiger partial charge in [-0.05, 0) is 38.1 Å². The Labute approximate surface area is 105 Å². The molecule has 0 saturated carbocycles. The third-order valence-electron chi connectivity index (χ3n) is 2.74. The number of thiazole rings is 1. The first-order valence-electron chi connectivity index (χ1n) is 5.47. The van der Waals surface area contributed by atoms with Gasteiger partial charge >= 0.3 is 0 Å². The van der Waals surface area contributed by atoms with Gasteiger partial charge < -0.3 is 5.32 Å². The molecule has 0 saturated heterocycles. The molecule has 0 radical (unpaired) electrons. The third kappa shape index (κ3) is 2.53. The van der Waals surface area contributed by atoms with Gasteiger partial charge in [0.05, 0.1) is 16.7 Å². The van der Waals surface area contributed by atoms with E-state index in [-0.39, 0.29) is 11.9 Å². The number of aryl methyl sites for hydroxylation is 2. The Bertz CT molecular complexity index is 522. The summed E-state index contributed by atoms with van der Waals surface area (Å²) in [5.74, 6) is -0.168. The molecule has 1 heterocycles. The molecular weight excluding hydrogens is 235 g/mol. The van der Waals surface area contributed by atoms with E-state index in [2.05, 4.69) is 10.3 Å². The third-order valence-corrected chi connectivity index (χ3v) is 3.53. The zero-order valence-corrected chi connectivity index (χ0v) is 10.9. The summed E-state index contributed by atoms with van der Waals surface area (Å²) >= 11 is 1.62. The van der Waals surface area contributed by atoms with Crippen LogP contribution in [0, 0.1) is 19.7 Å². The van der Waals surface area contributed by atoms with Crippen molar-refractivity contribution in [1.29, 1.82) is 0 Å². The second-order valence-electron chi connectivity index (χ2n) is 4.02. The number of rotatable bonds is 3. The molecular formula is C13H15FN2S. The molecule has 1 N–H and O–H groups in total. The van der Waals surface area contributed by atoms with E-state index in [1.54, 1.807) is 24.3 Å². The van der Waals surface area contributed by atoms with Crippen molar-refractivity contribution in [3.05, 3.63) is 51.2 Å². The molecule has 1 aromatic carbocycles. The highest BCUT2D eigenvalue weighted by Crippen LogP contribution is 2.24. The number of nitrogens with one attached hydrogen (secondary N) is 1. The SMILES string of the molecule is CNC(c1ccc(F)c(C)c1)c1csc(C)n1. The summed E-state index contributed by atoms with van der Waals surface area (Å²) in [6.45, 7) is 3.76. The van der Waals surface area contributed by atoms with Gasteiger partial charge in [0, 0.05) is 5.38 Å². The van der Waals surface area contributed by atoms with Gasteiger partial charge in [0.25, 0.3) is 0 Å². The highest BCUT2D eigenvalue weighted by atomic mass is 32.1. The van der Waals surface area contributed by atoms with E-state index in [1.165, 1.54) is 6.07 Å². The van der Waals surface area contributed by atoms with Gasteiger partial charge in [0.2, 0.25) is 0 Å². The van der Waals surface area contributed by atoms with Crippen molar-refractivity contribution < 1.29 is 4.39 Å². The first-order chi connectivity index (χ1) is 8.11. The van der Waals surface area contributed by atoms with Crippen LogP contribution in [0.25, 0.3) is 0 Å². The van der Waals surface area contributed by atoms with Gasteiger partial charge in [-0.25, -0.2) is 9.37 Å². The number of nitrogens with zero attached hydrogens (tertiary/aromatic N) is 1. The summed E-state index contributed by atoms with van der Waals surface area (Å²) in [5.41, 5.74) is 2.69. The smallest absolute Gasteiger partial charge is 0.126 e. The Morgan fingerprint density at radius 3 is 2.65 bits per heavy atom. The molecule has 1 atom stereocenters. The number of benzene rings is 1. The Morgan fingerprint density at radius 2 is 2.12 bits per heavy atom. The van der Waals surface area contributed by atoms with Crippen LogP contribution in [-0.2, 0) is 0 Å². The zero-order chi connectivity index (χ0) is 12.4. The predicted molar refractivity (Wildman–Crippen MR) is 68.9 cm³/mol. The van der Waals surface area contributed by atoms with Crippen LogP contribution in [0.5, 0.6) is 0 Å². The molecule has 2 aromatic rings. The van der Waals surface area contributed by atoms with Crippen molar-refractivity contribution >= 4 is 11.3 Å². The van der Waals surface area contributed by atoms with Crippen molar-refractivity contribution in [2.24, 2.45) is 0 Å².